The molecule has 0 aliphatic carbocycles. The van der Waals surface area contributed by atoms with E-state index in [2.05, 4.69) is 109 Å². The predicted octanol–water partition coefficient (Wildman–Crippen LogP) is 11.7. The molecule has 12 heteroatoms. The summed E-state index contributed by atoms with van der Waals surface area (Å²) >= 11 is 0. The van der Waals surface area contributed by atoms with Gasteiger partial charge in [-0.2, -0.15) is 0 Å². The largest absolute Gasteiger partial charge is 0.479 e. The Hall–Kier alpha value is -3.35. The van der Waals surface area contributed by atoms with Crippen molar-refractivity contribution in [1.29, 1.82) is 0 Å². The van der Waals surface area contributed by atoms with Crippen LogP contribution in [0.2, 0.25) is 0 Å². The average molecular weight is 950 g/mol. The summed E-state index contributed by atoms with van der Waals surface area (Å²) in [7, 11) is 6.56. The van der Waals surface area contributed by atoms with Gasteiger partial charge in [-0.15, -0.1) is 0 Å². The number of likely N-dealkylation sites (tertiary alicyclic amines) is 5. The lowest BCUT2D eigenvalue weighted by Gasteiger charge is -2.41. The summed E-state index contributed by atoms with van der Waals surface area (Å²) in [4.78, 5) is 40.4. The Kier molecular flexibility index (Phi) is 31.2. The normalized spacial score (nSPS) is 18.7. The quantitative estimate of drug-likeness (QED) is 0.169. The molecule has 0 radical (unpaired) electrons. The Morgan fingerprint density at radius 2 is 1.10 bits per heavy atom. The van der Waals surface area contributed by atoms with Crippen LogP contribution in [0.15, 0.2) is 37.2 Å². The number of carbonyl (C=O) groups excluding carboxylic acids is 1. The van der Waals surface area contributed by atoms with Gasteiger partial charge in [-0.25, -0.2) is 24.7 Å². The molecule has 0 unspecified atom stereocenters. The molecule has 5 aliphatic rings. The van der Waals surface area contributed by atoms with Crippen molar-refractivity contribution in [3.63, 3.8) is 0 Å². The molecular weight excluding hydrogens is 847 g/mol. The third kappa shape index (κ3) is 25.0. The molecule has 5 saturated heterocycles. The van der Waals surface area contributed by atoms with Crippen LogP contribution in [0.1, 0.15) is 181 Å². The Morgan fingerprint density at radius 1 is 0.662 bits per heavy atom. The molecule has 7 rings (SSSR count). The van der Waals surface area contributed by atoms with Crippen LogP contribution in [0, 0.1) is 30.6 Å². The summed E-state index contributed by atoms with van der Waals surface area (Å²) in [5.41, 5.74) is 2.40. The molecule has 5 fully saturated rings. The Bertz CT molecular complexity index is 1550. The van der Waals surface area contributed by atoms with Crippen molar-refractivity contribution >= 4 is 6.09 Å². The van der Waals surface area contributed by atoms with E-state index in [-0.39, 0.29) is 12.2 Å². The van der Waals surface area contributed by atoms with Gasteiger partial charge in [0.05, 0.1) is 12.7 Å². The molecule has 0 atom stereocenters. The first-order chi connectivity index (χ1) is 32.6. The van der Waals surface area contributed by atoms with Gasteiger partial charge in [0.15, 0.2) is 5.88 Å². The van der Waals surface area contributed by atoms with Crippen molar-refractivity contribution in [1.82, 2.24) is 44.4 Å². The van der Waals surface area contributed by atoms with E-state index in [4.69, 9.17) is 9.47 Å². The molecule has 0 aromatic carbocycles. The fourth-order valence-corrected chi connectivity index (χ4v) is 8.67. The van der Waals surface area contributed by atoms with Crippen LogP contribution in [0.3, 0.4) is 0 Å². The van der Waals surface area contributed by atoms with Crippen LogP contribution < -0.4 is 0 Å². The van der Waals surface area contributed by atoms with Crippen LogP contribution in [0.25, 0.3) is 0 Å². The zero-order valence-electron chi connectivity index (χ0n) is 46.3. The van der Waals surface area contributed by atoms with Crippen molar-refractivity contribution in [2.24, 2.45) is 23.7 Å². The van der Waals surface area contributed by atoms with Crippen LogP contribution in [0.4, 0.5) is 4.79 Å². The fourth-order valence-electron chi connectivity index (χ4n) is 8.67. The molecule has 1 amide bonds. The van der Waals surface area contributed by atoms with Gasteiger partial charge in [0.2, 0.25) is 0 Å². The fraction of sp³-hybridized carbons (Fsp3) is 0.804. The summed E-state index contributed by atoms with van der Waals surface area (Å²) in [6.45, 7) is 39.2. The lowest BCUT2D eigenvalue weighted by atomic mass is 9.95. The topological polar surface area (TPSA) is 103 Å². The van der Waals surface area contributed by atoms with E-state index in [0.29, 0.717) is 17.8 Å². The third-order valence-corrected chi connectivity index (χ3v) is 13.3. The number of hydrogen-bond donors (Lipinski definition) is 0. The third-order valence-electron chi connectivity index (χ3n) is 13.3. The van der Waals surface area contributed by atoms with E-state index in [9.17, 15) is 4.79 Å². The maximum atomic E-state index is 11.4. The lowest BCUT2D eigenvalue weighted by molar-refractivity contribution is 0.0288. The first-order valence-electron chi connectivity index (χ1n) is 27.3. The van der Waals surface area contributed by atoms with Gasteiger partial charge in [-0.3, -0.25) is 0 Å². The highest BCUT2D eigenvalue weighted by molar-refractivity contribution is 5.68. The van der Waals surface area contributed by atoms with E-state index in [1.54, 1.807) is 4.90 Å². The van der Waals surface area contributed by atoms with Crippen LogP contribution in [-0.2, 0) is 15.9 Å². The molecule has 0 bridgehead atoms. The van der Waals surface area contributed by atoms with Crippen molar-refractivity contribution in [2.45, 2.75) is 178 Å². The van der Waals surface area contributed by atoms with E-state index < -0.39 is 0 Å². The minimum absolute atomic E-state index is 0.00260. The second-order valence-electron chi connectivity index (χ2n) is 21.0. The standard InChI is InChI=1S/C13H21N3.C12H23NO.C11H17N3.C11H21NO2.C7H15N.C2H6/c1-3-4-11-9-14-13(15-10-11)12-5-7-16(2)8-6-12;1-5-6-12-7-13(8-12)11(4)14-9-10(2)3;1-9-7-12-11(13-8-9)10-3-5-14(2)6-4-10;1-4-5-6-10-7-12(8-10)11(13)14-9(2)3;1-7-3-5-8(2)6-4-7;1-2/h9-10,12H,3-8H2,1-2H3;10,12H,4-9H2,1-3H3;7-8,10H,3-6H2,1-2H3;9-10H,4-8H2,1-3H3;7H,3-6H2,1-2H3;1-2H3. The summed E-state index contributed by atoms with van der Waals surface area (Å²) < 4.78 is 10.7. The van der Waals surface area contributed by atoms with E-state index in [1.165, 1.54) is 115 Å². The van der Waals surface area contributed by atoms with Gasteiger partial charge in [-0.05, 0) is 180 Å². The number of ether oxygens (including phenoxy) is 2. The SMILES string of the molecule is C=C(OCC(C)C)N1CC(CCC)C1.CC.CC1CCN(C)CC1.CCCCC1CN(C(=O)OC(C)C)C1.CCCc1cnc(C2CCN(C)CC2)nc1.Cc1cnc(C2CCN(C)CC2)nc1. The van der Waals surface area contributed by atoms with Crippen LogP contribution in [-0.4, -0.2) is 150 Å². The summed E-state index contributed by atoms with van der Waals surface area (Å²) in [5.74, 6) is 7.25. The van der Waals surface area contributed by atoms with E-state index in [1.807, 2.05) is 59.4 Å². The van der Waals surface area contributed by atoms with Crippen molar-refractivity contribution in [2.75, 3.05) is 93.2 Å². The molecule has 2 aromatic heterocycles. The number of piperidine rings is 3. The number of amides is 1. The van der Waals surface area contributed by atoms with Gasteiger partial charge in [0, 0.05) is 62.8 Å². The molecule has 12 nitrogen and oxygen atoms in total. The van der Waals surface area contributed by atoms with Gasteiger partial charge < -0.3 is 34.0 Å². The predicted molar refractivity (Wildman–Crippen MR) is 285 cm³/mol. The van der Waals surface area contributed by atoms with Gasteiger partial charge in [0.1, 0.15) is 11.6 Å². The van der Waals surface area contributed by atoms with Crippen molar-refractivity contribution < 1.29 is 14.3 Å². The summed E-state index contributed by atoms with van der Waals surface area (Å²) in [5, 5.41) is 0. The maximum absolute atomic E-state index is 11.4. The average Bonchev–Trinajstić information content (AvgIpc) is 3.30. The molecule has 390 valence electrons. The number of hydrogen-bond acceptors (Lipinski definition) is 11. The maximum Gasteiger partial charge on any atom is 0.410 e. The van der Waals surface area contributed by atoms with Gasteiger partial charge in [0.25, 0.3) is 0 Å². The minimum atomic E-state index is -0.146. The van der Waals surface area contributed by atoms with Crippen LogP contribution in [0.5, 0.6) is 0 Å². The second kappa shape index (κ2) is 34.9. The zero-order valence-corrected chi connectivity index (χ0v) is 46.3. The van der Waals surface area contributed by atoms with Crippen molar-refractivity contribution in [3.05, 3.63) is 60.0 Å². The Labute approximate surface area is 417 Å². The summed E-state index contributed by atoms with van der Waals surface area (Å²) in [6.07, 6.45) is 23.9. The first kappa shape index (κ1) is 60.8. The molecule has 5 aliphatic heterocycles. The lowest BCUT2D eigenvalue weighted by Crippen LogP contribution is -2.50. The highest BCUT2D eigenvalue weighted by Gasteiger charge is 2.31. The summed E-state index contributed by atoms with van der Waals surface area (Å²) in [6, 6.07) is 0. The zero-order chi connectivity index (χ0) is 50.4. The van der Waals surface area contributed by atoms with E-state index >= 15 is 0 Å². The molecule has 0 N–H and O–H groups in total. The Balaban J connectivity index is 0.000000292. The molecule has 68 heavy (non-hydrogen) atoms. The van der Waals surface area contributed by atoms with E-state index in [0.717, 1.165) is 86.5 Å². The number of aryl methyl sites for hydroxylation is 2. The second-order valence-corrected chi connectivity index (χ2v) is 21.0. The van der Waals surface area contributed by atoms with Gasteiger partial charge in [-0.1, -0.05) is 81.1 Å². The molecule has 2 aromatic rings. The highest BCUT2D eigenvalue weighted by atomic mass is 16.6. The monoisotopic (exact) mass is 950 g/mol. The molecule has 0 saturated carbocycles. The molecular formula is C56H103N9O3. The number of unbranched alkanes of at least 4 members (excludes halogenated alkanes) is 1. The van der Waals surface area contributed by atoms with Crippen LogP contribution >= 0.6 is 0 Å². The number of nitrogens with zero attached hydrogens (tertiary/aromatic N) is 9. The van der Waals surface area contributed by atoms with Crippen molar-refractivity contribution in [3.8, 4) is 0 Å². The minimum Gasteiger partial charge on any atom is -0.479 e. The Morgan fingerprint density at radius 3 is 1.51 bits per heavy atom. The first-order valence-corrected chi connectivity index (χ1v) is 27.3. The molecule has 0 spiro atoms. The number of aromatic nitrogens is 4. The highest BCUT2D eigenvalue weighted by Crippen LogP contribution is 2.27. The number of rotatable bonds is 14. The van der Waals surface area contributed by atoms with Gasteiger partial charge >= 0.3 is 6.09 Å². The smallest absolute Gasteiger partial charge is 0.410 e. The number of carbonyl (C=O) groups is 1. The molecule has 7 heterocycles.